The fraction of sp³-hybridized carbons (Fsp3) is 0.600. The van der Waals surface area contributed by atoms with E-state index >= 15 is 0 Å². The van der Waals surface area contributed by atoms with Crippen LogP contribution in [-0.4, -0.2) is 47.1 Å². The van der Waals surface area contributed by atoms with E-state index in [0.29, 0.717) is 6.42 Å². The maximum Gasteiger partial charge on any atom is 0.245 e. The van der Waals surface area contributed by atoms with E-state index < -0.39 is 12.1 Å². The van der Waals surface area contributed by atoms with E-state index in [-0.39, 0.29) is 24.2 Å². The first-order valence-electron chi connectivity index (χ1n) is 9.27. The smallest absolute Gasteiger partial charge is 0.245 e. The minimum atomic E-state index is -0.692. The molecule has 0 radical (unpaired) electrons. The number of hydrogen-bond acceptors (Lipinski definition) is 3. The van der Waals surface area contributed by atoms with E-state index in [2.05, 4.69) is 5.32 Å². The second-order valence-corrected chi connectivity index (χ2v) is 7.21. The Balaban J connectivity index is 2.05. The summed E-state index contributed by atoms with van der Waals surface area (Å²) in [6.45, 7) is 5.26. The minimum Gasteiger partial charge on any atom is -0.392 e. The number of likely N-dealkylation sites (tertiary alicyclic amines) is 1. The molecule has 1 fully saturated rings. The van der Waals surface area contributed by atoms with Gasteiger partial charge in [0.2, 0.25) is 11.8 Å². The normalized spacial score (nSPS) is 17.2. The molecule has 5 heteroatoms. The number of nitrogens with zero attached hydrogens (tertiary/aromatic N) is 1. The Bertz CT molecular complexity index is 553. The summed E-state index contributed by atoms with van der Waals surface area (Å²) >= 11 is 0. The Labute approximate surface area is 150 Å². The monoisotopic (exact) mass is 346 g/mol. The molecule has 2 rings (SSSR count). The molecule has 2 unspecified atom stereocenters. The molecular weight excluding hydrogens is 316 g/mol. The van der Waals surface area contributed by atoms with Crippen molar-refractivity contribution in [3.63, 3.8) is 0 Å². The minimum absolute atomic E-state index is 0.0103. The molecule has 1 aromatic rings. The largest absolute Gasteiger partial charge is 0.392 e. The van der Waals surface area contributed by atoms with Crippen molar-refractivity contribution >= 4 is 11.8 Å². The lowest BCUT2D eigenvalue weighted by Crippen LogP contribution is -2.51. The number of rotatable bonds is 7. The molecule has 25 heavy (non-hydrogen) atoms. The number of piperidine rings is 1. The van der Waals surface area contributed by atoms with Crippen LogP contribution in [0.3, 0.4) is 0 Å². The molecule has 0 bridgehead atoms. The van der Waals surface area contributed by atoms with Gasteiger partial charge >= 0.3 is 0 Å². The van der Waals surface area contributed by atoms with Crippen LogP contribution in [0.15, 0.2) is 30.3 Å². The standard InChI is InChI=1S/C20H30N2O3/c1-15(2)18(23)14-19(24)21-17(13-16-9-5-3-6-10-16)20(25)22-11-7-4-8-12-22/h3,5-6,9-10,15,17-18,23H,4,7-8,11-14H2,1-2H3,(H,21,24). The zero-order valence-corrected chi connectivity index (χ0v) is 15.3. The van der Waals surface area contributed by atoms with Crippen LogP contribution in [0.2, 0.25) is 0 Å². The van der Waals surface area contributed by atoms with Gasteiger partial charge in [-0.25, -0.2) is 0 Å². The Hall–Kier alpha value is -1.88. The van der Waals surface area contributed by atoms with Gasteiger partial charge in [0.25, 0.3) is 0 Å². The average Bonchev–Trinajstić information content (AvgIpc) is 2.62. The van der Waals surface area contributed by atoms with Crippen LogP contribution in [0, 0.1) is 5.92 Å². The van der Waals surface area contributed by atoms with Crippen LogP contribution in [0.25, 0.3) is 0 Å². The van der Waals surface area contributed by atoms with Crippen molar-refractivity contribution in [1.82, 2.24) is 10.2 Å². The highest BCUT2D eigenvalue weighted by molar-refractivity contribution is 5.88. The molecule has 0 aliphatic carbocycles. The van der Waals surface area contributed by atoms with Crippen LogP contribution in [-0.2, 0) is 16.0 Å². The predicted octanol–water partition coefficient (Wildman–Crippen LogP) is 2.13. The van der Waals surface area contributed by atoms with Gasteiger partial charge < -0.3 is 15.3 Å². The summed E-state index contributed by atoms with van der Waals surface area (Å²) in [6.07, 6.45) is 2.99. The summed E-state index contributed by atoms with van der Waals surface area (Å²) in [6, 6.07) is 9.15. The summed E-state index contributed by atoms with van der Waals surface area (Å²) in [4.78, 5) is 27.1. The number of nitrogens with one attached hydrogen (secondary N) is 1. The summed E-state index contributed by atoms with van der Waals surface area (Å²) in [5.74, 6) is -0.278. The van der Waals surface area contributed by atoms with Crippen LogP contribution >= 0.6 is 0 Å². The molecule has 138 valence electrons. The molecule has 1 aliphatic heterocycles. The van der Waals surface area contributed by atoms with Crippen molar-refractivity contribution < 1.29 is 14.7 Å². The van der Waals surface area contributed by atoms with Crippen molar-refractivity contribution in [2.75, 3.05) is 13.1 Å². The third-order valence-electron chi connectivity index (χ3n) is 4.75. The van der Waals surface area contributed by atoms with E-state index in [0.717, 1.165) is 37.9 Å². The van der Waals surface area contributed by atoms with Gasteiger partial charge in [-0.3, -0.25) is 9.59 Å². The van der Waals surface area contributed by atoms with Crippen molar-refractivity contribution in [2.45, 2.75) is 58.1 Å². The Morgan fingerprint density at radius 2 is 1.76 bits per heavy atom. The van der Waals surface area contributed by atoms with Crippen molar-refractivity contribution in [2.24, 2.45) is 5.92 Å². The maximum atomic E-state index is 12.9. The van der Waals surface area contributed by atoms with Crippen LogP contribution < -0.4 is 5.32 Å². The number of benzene rings is 1. The molecule has 0 spiro atoms. The molecule has 2 atom stereocenters. The zero-order valence-electron chi connectivity index (χ0n) is 15.3. The SMILES string of the molecule is CC(C)C(O)CC(=O)NC(Cc1ccccc1)C(=O)N1CCCCC1. The number of hydrogen-bond donors (Lipinski definition) is 2. The second-order valence-electron chi connectivity index (χ2n) is 7.21. The first kappa shape index (κ1) is 19.4. The van der Waals surface area contributed by atoms with Gasteiger partial charge in [0, 0.05) is 19.5 Å². The number of carbonyl (C=O) groups is 2. The van der Waals surface area contributed by atoms with E-state index in [1.165, 1.54) is 0 Å². The summed E-state index contributed by atoms with van der Waals surface area (Å²) in [7, 11) is 0. The van der Waals surface area contributed by atoms with E-state index in [4.69, 9.17) is 0 Å². The topological polar surface area (TPSA) is 69.6 Å². The molecular formula is C20H30N2O3. The van der Waals surface area contributed by atoms with E-state index in [1.807, 2.05) is 49.1 Å². The second kappa shape index (κ2) is 9.56. The Kier molecular flexibility index (Phi) is 7.44. The molecule has 2 amide bonds. The van der Waals surface area contributed by atoms with Gasteiger partial charge in [-0.1, -0.05) is 44.2 Å². The first-order valence-corrected chi connectivity index (χ1v) is 9.27. The predicted molar refractivity (Wildman–Crippen MR) is 98.0 cm³/mol. The van der Waals surface area contributed by atoms with Gasteiger partial charge in [-0.15, -0.1) is 0 Å². The molecule has 2 N–H and O–H groups in total. The van der Waals surface area contributed by atoms with Crippen molar-refractivity contribution in [3.05, 3.63) is 35.9 Å². The highest BCUT2D eigenvalue weighted by Crippen LogP contribution is 2.13. The van der Waals surface area contributed by atoms with Crippen LogP contribution in [0.1, 0.15) is 45.1 Å². The molecule has 0 saturated carbocycles. The Morgan fingerprint density at radius 3 is 2.36 bits per heavy atom. The quantitative estimate of drug-likeness (QED) is 0.795. The molecule has 1 aromatic carbocycles. The van der Waals surface area contributed by atoms with E-state index in [1.54, 1.807) is 0 Å². The first-order chi connectivity index (χ1) is 12.0. The number of aliphatic hydroxyl groups is 1. The van der Waals surface area contributed by atoms with Crippen molar-refractivity contribution in [1.29, 1.82) is 0 Å². The van der Waals surface area contributed by atoms with Crippen molar-refractivity contribution in [3.8, 4) is 0 Å². The van der Waals surface area contributed by atoms with Gasteiger partial charge in [0.15, 0.2) is 0 Å². The lowest BCUT2D eigenvalue weighted by atomic mass is 10.0. The molecule has 1 heterocycles. The molecule has 1 aliphatic rings. The fourth-order valence-electron chi connectivity index (χ4n) is 3.06. The fourth-order valence-corrected chi connectivity index (χ4v) is 3.06. The highest BCUT2D eigenvalue weighted by Gasteiger charge is 2.28. The lowest BCUT2D eigenvalue weighted by molar-refractivity contribution is -0.137. The summed E-state index contributed by atoms with van der Waals surface area (Å²) in [5.41, 5.74) is 1.02. The summed E-state index contributed by atoms with van der Waals surface area (Å²) in [5, 5.41) is 12.8. The lowest BCUT2D eigenvalue weighted by Gasteiger charge is -2.31. The zero-order chi connectivity index (χ0) is 18.2. The third-order valence-corrected chi connectivity index (χ3v) is 4.75. The number of aliphatic hydroxyl groups excluding tert-OH is 1. The highest BCUT2D eigenvalue weighted by atomic mass is 16.3. The molecule has 1 saturated heterocycles. The number of carbonyl (C=O) groups excluding carboxylic acids is 2. The van der Waals surface area contributed by atoms with E-state index in [9.17, 15) is 14.7 Å². The van der Waals surface area contributed by atoms with Crippen LogP contribution in [0.4, 0.5) is 0 Å². The summed E-state index contributed by atoms with van der Waals surface area (Å²) < 4.78 is 0. The molecule has 5 nitrogen and oxygen atoms in total. The number of amides is 2. The molecule has 0 aromatic heterocycles. The average molecular weight is 346 g/mol. The maximum absolute atomic E-state index is 12.9. The van der Waals surface area contributed by atoms with Gasteiger partial charge in [-0.05, 0) is 30.7 Å². The third kappa shape index (κ3) is 6.16. The van der Waals surface area contributed by atoms with Gasteiger partial charge in [0.1, 0.15) is 6.04 Å². The van der Waals surface area contributed by atoms with Gasteiger partial charge in [-0.2, -0.15) is 0 Å². The Morgan fingerprint density at radius 1 is 1.12 bits per heavy atom. The van der Waals surface area contributed by atoms with Gasteiger partial charge in [0.05, 0.1) is 12.5 Å². The van der Waals surface area contributed by atoms with Crippen LogP contribution in [0.5, 0.6) is 0 Å².